The van der Waals surface area contributed by atoms with Crippen molar-refractivity contribution in [3.8, 4) is 6.07 Å². The molecule has 1 fully saturated rings. The monoisotopic (exact) mass is 387 g/mol. The van der Waals surface area contributed by atoms with E-state index in [-0.39, 0.29) is 12.1 Å². The number of aliphatic hydroxyl groups excluding tert-OH is 1. The number of nitriles is 1. The molecule has 0 radical (unpaired) electrons. The van der Waals surface area contributed by atoms with Gasteiger partial charge in [0, 0.05) is 17.5 Å². The van der Waals surface area contributed by atoms with Crippen molar-refractivity contribution in [2.75, 3.05) is 0 Å². The van der Waals surface area contributed by atoms with Gasteiger partial charge in [-0.2, -0.15) is 5.26 Å². The Labute approximate surface area is 167 Å². The molecule has 0 spiro atoms. The van der Waals surface area contributed by atoms with Crippen LogP contribution in [0.3, 0.4) is 0 Å². The highest BCUT2D eigenvalue weighted by Crippen LogP contribution is 2.36. The molecule has 29 heavy (non-hydrogen) atoms. The van der Waals surface area contributed by atoms with E-state index in [1.54, 1.807) is 12.3 Å². The number of aliphatic hydroxyl groups is 1. The van der Waals surface area contributed by atoms with E-state index < -0.39 is 0 Å². The first kappa shape index (κ1) is 17.8. The Morgan fingerprint density at radius 2 is 2.03 bits per heavy atom. The van der Waals surface area contributed by atoms with Crippen molar-refractivity contribution in [2.24, 2.45) is 0 Å². The fraction of sp³-hybridized carbons (Fsp3) is 0.364. The van der Waals surface area contributed by atoms with Crippen LogP contribution in [0.25, 0.3) is 21.9 Å². The van der Waals surface area contributed by atoms with E-state index in [0.717, 1.165) is 64.9 Å². The molecular formula is C22H21N5O2. The maximum absolute atomic E-state index is 9.99. The van der Waals surface area contributed by atoms with Gasteiger partial charge in [-0.15, -0.1) is 0 Å². The van der Waals surface area contributed by atoms with Gasteiger partial charge in [0.05, 0.1) is 47.1 Å². The van der Waals surface area contributed by atoms with Gasteiger partial charge in [-0.25, -0.2) is 4.98 Å². The van der Waals surface area contributed by atoms with Crippen molar-refractivity contribution in [1.82, 2.24) is 19.7 Å². The maximum Gasteiger partial charge on any atom is 0.133 e. The van der Waals surface area contributed by atoms with Crippen molar-refractivity contribution >= 4 is 21.9 Å². The second-order valence-electron chi connectivity index (χ2n) is 7.80. The summed E-state index contributed by atoms with van der Waals surface area (Å²) in [5.41, 5.74) is 4.10. The Balaban J connectivity index is 1.73. The summed E-state index contributed by atoms with van der Waals surface area (Å²) in [6.07, 6.45) is 5.46. The van der Waals surface area contributed by atoms with Crippen LogP contribution in [-0.2, 0) is 6.42 Å². The maximum atomic E-state index is 9.99. The summed E-state index contributed by atoms with van der Waals surface area (Å²) in [6, 6.07) is 9.96. The quantitative estimate of drug-likeness (QED) is 0.573. The van der Waals surface area contributed by atoms with Crippen LogP contribution in [0.5, 0.6) is 0 Å². The molecule has 4 aromatic rings. The van der Waals surface area contributed by atoms with Gasteiger partial charge in [0.15, 0.2) is 0 Å². The minimum atomic E-state index is -0.230. The topological polar surface area (TPSA) is 101 Å². The number of rotatable bonds is 3. The minimum absolute atomic E-state index is 0.230. The Kier molecular flexibility index (Phi) is 4.29. The molecule has 1 aliphatic rings. The van der Waals surface area contributed by atoms with Crippen LogP contribution < -0.4 is 0 Å². The number of pyridine rings is 1. The van der Waals surface area contributed by atoms with E-state index in [4.69, 9.17) is 9.51 Å². The molecule has 0 saturated heterocycles. The van der Waals surface area contributed by atoms with Crippen molar-refractivity contribution in [1.29, 1.82) is 5.26 Å². The lowest BCUT2D eigenvalue weighted by molar-refractivity contribution is 0.111. The number of nitrogens with zero attached hydrogens (tertiary/aromatic N) is 5. The van der Waals surface area contributed by atoms with Gasteiger partial charge in [-0.05, 0) is 50.8 Å². The number of aryl methyl sites for hydroxylation is 1. The molecular weight excluding hydrogens is 366 g/mol. The molecule has 146 valence electrons. The molecule has 0 amide bonds. The van der Waals surface area contributed by atoms with E-state index in [1.807, 2.05) is 25.1 Å². The zero-order valence-corrected chi connectivity index (χ0v) is 16.2. The van der Waals surface area contributed by atoms with Gasteiger partial charge in [0.25, 0.3) is 0 Å². The molecule has 0 atom stereocenters. The standard InChI is InChI=1S/C22H21N5O2/c1-13-8-15(26-29-13)10-21-25-20-12-24-19-7-2-14(11-23)9-18(19)22(20)27(21)16-3-5-17(28)6-4-16/h2,7-9,12,16-17,28H,3-6,10H2,1H3/t16-,17-. The van der Waals surface area contributed by atoms with Gasteiger partial charge < -0.3 is 14.2 Å². The molecule has 7 nitrogen and oxygen atoms in total. The normalized spacial score (nSPS) is 19.6. The third-order valence-corrected chi connectivity index (χ3v) is 5.77. The lowest BCUT2D eigenvalue weighted by Crippen LogP contribution is -2.22. The predicted molar refractivity (Wildman–Crippen MR) is 107 cm³/mol. The molecule has 1 saturated carbocycles. The Morgan fingerprint density at radius 1 is 1.21 bits per heavy atom. The van der Waals surface area contributed by atoms with Crippen LogP contribution in [0.2, 0.25) is 0 Å². The Morgan fingerprint density at radius 3 is 2.76 bits per heavy atom. The van der Waals surface area contributed by atoms with E-state index >= 15 is 0 Å². The summed E-state index contributed by atoms with van der Waals surface area (Å²) < 4.78 is 7.53. The minimum Gasteiger partial charge on any atom is -0.393 e. The molecule has 1 N–H and O–H groups in total. The molecule has 7 heteroatoms. The number of aromatic nitrogens is 4. The van der Waals surface area contributed by atoms with Gasteiger partial charge >= 0.3 is 0 Å². The molecule has 0 aliphatic heterocycles. The summed E-state index contributed by atoms with van der Waals surface area (Å²) in [7, 11) is 0. The van der Waals surface area contributed by atoms with Crippen LogP contribution in [-0.4, -0.2) is 30.9 Å². The molecule has 3 aromatic heterocycles. The zero-order chi connectivity index (χ0) is 20.0. The second-order valence-corrected chi connectivity index (χ2v) is 7.80. The Bertz CT molecular complexity index is 1240. The van der Waals surface area contributed by atoms with Crippen molar-refractivity contribution in [3.05, 3.63) is 53.3 Å². The van der Waals surface area contributed by atoms with Crippen LogP contribution in [0, 0.1) is 18.3 Å². The molecule has 1 aliphatic carbocycles. The number of fused-ring (bicyclic) bond motifs is 3. The van der Waals surface area contributed by atoms with Crippen molar-refractivity contribution in [3.63, 3.8) is 0 Å². The predicted octanol–water partition coefficient (Wildman–Crippen LogP) is 3.82. The van der Waals surface area contributed by atoms with Crippen LogP contribution in [0.4, 0.5) is 0 Å². The second kappa shape index (κ2) is 6.98. The molecule has 1 aromatic carbocycles. The summed E-state index contributed by atoms with van der Waals surface area (Å²) in [6.45, 7) is 1.88. The largest absolute Gasteiger partial charge is 0.393 e. The third-order valence-electron chi connectivity index (χ3n) is 5.77. The smallest absolute Gasteiger partial charge is 0.133 e. The first-order chi connectivity index (χ1) is 14.1. The van der Waals surface area contributed by atoms with Gasteiger partial charge in [0.1, 0.15) is 17.1 Å². The highest BCUT2D eigenvalue weighted by Gasteiger charge is 2.26. The lowest BCUT2D eigenvalue weighted by atomic mass is 9.92. The summed E-state index contributed by atoms with van der Waals surface area (Å²) >= 11 is 0. The molecule has 3 heterocycles. The van der Waals surface area contributed by atoms with Gasteiger partial charge in [-0.3, -0.25) is 4.98 Å². The van der Waals surface area contributed by atoms with E-state index in [2.05, 4.69) is 20.8 Å². The number of benzene rings is 1. The van der Waals surface area contributed by atoms with Crippen LogP contribution in [0.1, 0.15) is 54.6 Å². The van der Waals surface area contributed by atoms with Gasteiger partial charge in [0.2, 0.25) is 0 Å². The zero-order valence-electron chi connectivity index (χ0n) is 16.2. The fourth-order valence-corrected chi connectivity index (χ4v) is 4.39. The lowest BCUT2D eigenvalue weighted by Gasteiger charge is -2.28. The summed E-state index contributed by atoms with van der Waals surface area (Å²) in [5, 5.41) is 24.4. The molecule has 5 rings (SSSR count). The van der Waals surface area contributed by atoms with Crippen LogP contribution >= 0.6 is 0 Å². The van der Waals surface area contributed by atoms with Gasteiger partial charge in [-0.1, -0.05) is 5.16 Å². The van der Waals surface area contributed by atoms with E-state index in [1.165, 1.54) is 0 Å². The van der Waals surface area contributed by atoms with E-state index in [9.17, 15) is 10.4 Å². The fourth-order valence-electron chi connectivity index (χ4n) is 4.39. The third kappa shape index (κ3) is 3.15. The SMILES string of the molecule is Cc1cc(Cc2nc3cnc4ccc(C#N)cc4c3n2[C@H]2CC[C@H](O)CC2)no1. The summed E-state index contributed by atoms with van der Waals surface area (Å²) in [4.78, 5) is 9.44. The average Bonchev–Trinajstić information content (AvgIpc) is 3.31. The van der Waals surface area contributed by atoms with Crippen molar-refractivity contribution in [2.45, 2.75) is 51.2 Å². The highest BCUT2D eigenvalue weighted by molar-refractivity contribution is 6.02. The number of hydrogen-bond donors (Lipinski definition) is 1. The van der Waals surface area contributed by atoms with Crippen LogP contribution in [0.15, 0.2) is 35.0 Å². The molecule has 0 bridgehead atoms. The van der Waals surface area contributed by atoms with E-state index in [0.29, 0.717) is 12.0 Å². The first-order valence-electron chi connectivity index (χ1n) is 9.92. The first-order valence-corrected chi connectivity index (χ1v) is 9.92. The molecule has 0 unspecified atom stereocenters. The van der Waals surface area contributed by atoms with Crippen molar-refractivity contribution < 1.29 is 9.63 Å². The highest BCUT2D eigenvalue weighted by atomic mass is 16.5. The number of imidazole rings is 1. The average molecular weight is 387 g/mol. The number of hydrogen-bond acceptors (Lipinski definition) is 6. The Hall–Kier alpha value is -3.24. The summed E-state index contributed by atoms with van der Waals surface area (Å²) in [5.74, 6) is 1.68.